The highest BCUT2D eigenvalue weighted by atomic mass is 16.5. The zero-order valence-electron chi connectivity index (χ0n) is 16.9. The first-order valence-corrected chi connectivity index (χ1v) is 10.5. The zero-order chi connectivity index (χ0) is 19.5. The molecule has 1 unspecified atom stereocenters. The Kier molecular flexibility index (Phi) is 5.82. The van der Waals surface area contributed by atoms with Crippen molar-refractivity contribution in [1.29, 1.82) is 5.41 Å². The third-order valence-electron chi connectivity index (χ3n) is 5.76. The smallest absolute Gasteiger partial charge is 0.120 e. The number of hydrazine groups is 1. The van der Waals surface area contributed by atoms with Crippen molar-refractivity contribution >= 4 is 17.9 Å². The highest BCUT2D eigenvalue weighted by Gasteiger charge is 2.32. The number of nitrogens with one attached hydrogen (secondary N) is 3. The number of aliphatic imine (C=N–C) groups is 1. The van der Waals surface area contributed by atoms with E-state index < -0.39 is 0 Å². The molecule has 1 aromatic carbocycles. The van der Waals surface area contributed by atoms with Crippen LogP contribution in [-0.2, 0) is 0 Å². The summed E-state index contributed by atoms with van der Waals surface area (Å²) in [5, 5.41) is 7.47. The molecule has 2 heterocycles. The van der Waals surface area contributed by atoms with Crippen LogP contribution in [-0.4, -0.2) is 60.3 Å². The topological polar surface area (TPSA) is 76.0 Å². The van der Waals surface area contributed by atoms with Crippen LogP contribution in [0.4, 0.5) is 5.69 Å². The summed E-state index contributed by atoms with van der Waals surface area (Å²) in [6.45, 7) is 8.35. The van der Waals surface area contributed by atoms with Crippen LogP contribution < -0.4 is 15.6 Å². The van der Waals surface area contributed by atoms with Crippen molar-refractivity contribution in [1.82, 2.24) is 15.2 Å². The van der Waals surface area contributed by atoms with Crippen molar-refractivity contribution in [3.8, 4) is 5.75 Å². The number of hydrogen-bond acceptors (Lipinski definition) is 5. The summed E-state index contributed by atoms with van der Waals surface area (Å²) in [6.07, 6.45) is 5.87. The Balaban J connectivity index is 1.36. The number of hydrogen-bond donors (Lipinski definition) is 3. The fourth-order valence-corrected chi connectivity index (χ4v) is 4.20. The van der Waals surface area contributed by atoms with Crippen molar-refractivity contribution < 1.29 is 4.74 Å². The van der Waals surface area contributed by atoms with Crippen molar-refractivity contribution in [2.75, 3.05) is 31.6 Å². The van der Waals surface area contributed by atoms with Gasteiger partial charge in [-0.3, -0.25) is 10.3 Å². The van der Waals surface area contributed by atoms with E-state index in [-0.39, 0.29) is 12.1 Å². The second-order valence-electron chi connectivity index (χ2n) is 8.20. The molecule has 7 heteroatoms. The molecule has 1 saturated heterocycles. The van der Waals surface area contributed by atoms with Crippen molar-refractivity contribution in [2.24, 2.45) is 4.99 Å². The van der Waals surface area contributed by atoms with E-state index in [1.54, 1.807) is 0 Å². The summed E-state index contributed by atoms with van der Waals surface area (Å²) in [6, 6.07) is 7.27. The summed E-state index contributed by atoms with van der Waals surface area (Å²) >= 11 is 0. The van der Waals surface area contributed by atoms with Gasteiger partial charge in [-0.2, -0.15) is 0 Å². The summed E-state index contributed by atoms with van der Waals surface area (Å²) in [5.41, 5.74) is 9.03. The van der Waals surface area contributed by atoms with Gasteiger partial charge in [0.2, 0.25) is 0 Å². The van der Waals surface area contributed by atoms with E-state index in [2.05, 4.69) is 37.8 Å². The van der Waals surface area contributed by atoms with E-state index in [4.69, 9.17) is 10.1 Å². The van der Waals surface area contributed by atoms with Crippen molar-refractivity contribution in [3.05, 3.63) is 23.8 Å². The second-order valence-corrected chi connectivity index (χ2v) is 8.20. The quantitative estimate of drug-likeness (QED) is 0.498. The predicted octanol–water partition coefficient (Wildman–Crippen LogP) is 3.01. The number of nitrogens with zero attached hydrogens (tertiary/aromatic N) is 3. The normalized spacial score (nSPS) is 22.9. The SMILES string of the molecule is CC(C)Oc1ccc2c(c1)C(CCC(=NC=N)N1CCN(C3CC3)CC1)NN2. The van der Waals surface area contributed by atoms with Crippen LogP contribution in [0, 0.1) is 5.41 Å². The minimum Gasteiger partial charge on any atom is -0.491 e. The Hall–Kier alpha value is -2.12. The molecule has 7 nitrogen and oxygen atoms in total. The third kappa shape index (κ3) is 4.47. The molecule has 1 aromatic rings. The molecule has 1 atom stereocenters. The molecular formula is C21H32N6O. The molecule has 2 fully saturated rings. The van der Waals surface area contributed by atoms with E-state index in [9.17, 15) is 0 Å². The molecule has 0 aromatic heterocycles. The maximum atomic E-state index is 7.47. The van der Waals surface area contributed by atoms with Crippen LogP contribution in [0.3, 0.4) is 0 Å². The van der Waals surface area contributed by atoms with Gasteiger partial charge in [0.05, 0.1) is 17.8 Å². The van der Waals surface area contributed by atoms with Crippen LogP contribution in [0.25, 0.3) is 0 Å². The fourth-order valence-electron chi connectivity index (χ4n) is 4.20. The fraction of sp³-hybridized carbons (Fsp3) is 0.619. The molecule has 0 bridgehead atoms. The van der Waals surface area contributed by atoms with Gasteiger partial charge in [-0.1, -0.05) is 0 Å². The molecule has 152 valence electrons. The number of rotatable bonds is 7. The Labute approximate surface area is 167 Å². The van der Waals surface area contributed by atoms with E-state index in [0.717, 1.165) is 62.3 Å². The lowest BCUT2D eigenvalue weighted by atomic mass is 10.0. The number of piperazine rings is 1. The number of ether oxygens (including phenoxy) is 1. The van der Waals surface area contributed by atoms with Crippen molar-refractivity contribution in [3.63, 3.8) is 0 Å². The van der Waals surface area contributed by atoms with Crippen LogP contribution in [0.15, 0.2) is 23.2 Å². The number of benzene rings is 1. The van der Waals surface area contributed by atoms with Gasteiger partial charge in [0.25, 0.3) is 0 Å². The van der Waals surface area contributed by atoms with Crippen LogP contribution in [0.5, 0.6) is 5.75 Å². The molecule has 1 saturated carbocycles. The number of fused-ring (bicyclic) bond motifs is 1. The molecule has 1 aliphatic carbocycles. The van der Waals surface area contributed by atoms with Gasteiger partial charge in [0.1, 0.15) is 17.9 Å². The van der Waals surface area contributed by atoms with E-state index >= 15 is 0 Å². The highest BCUT2D eigenvalue weighted by molar-refractivity contribution is 5.88. The van der Waals surface area contributed by atoms with Crippen LogP contribution in [0.2, 0.25) is 0 Å². The first-order valence-electron chi connectivity index (χ1n) is 10.5. The number of amidine groups is 1. The van der Waals surface area contributed by atoms with Crippen molar-refractivity contribution in [2.45, 2.75) is 57.7 Å². The molecule has 0 amide bonds. The van der Waals surface area contributed by atoms with E-state index in [1.165, 1.54) is 24.7 Å². The Morgan fingerprint density at radius 3 is 2.75 bits per heavy atom. The summed E-state index contributed by atoms with van der Waals surface area (Å²) in [5.74, 6) is 1.95. The van der Waals surface area contributed by atoms with Gasteiger partial charge in [-0.15, -0.1) is 0 Å². The molecule has 0 spiro atoms. The molecule has 3 aliphatic rings. The largest absolute Gasteiger partial charge is 0.491 e. The Morgan fingerprint density at radius 2 is 2.07 bits per heavy atom. The molecule has 2 aliphatic heterocycles. The minimum atomic E-state index is 0.166. The van der Waals surface area contributed by atoms with Gasteiger partial charge in [0, 0.05) is 38.6 Å². The lowest BCUT2D eigenvalue weighted by Crippen LogP contribution is -2.49. The summed E-state index contributed by atoms with van der Waals surface area (Å²) in [4.78, 5) is 9.37. The van der Waals surface area contributed by atoms with Gasteiger partial charge in [-0.25, -0.2) is 10.4 Å². The molecule has 28 heavy (non-hydrogen) atoms. The third-order valence-corrected chi connectivity index (χ3v) is 5.76. The second kappa shape index (κ2) is 8.49. The minimum absolute atomic E-state index is 0.166. The molecule has 0 radical (unpaired) electrons. The lowest BCUT2D eigenvalue weighted by Gasteiger charge is -2.36. The Morgan fingerprint density at radius 1 is 1.29 bits per heavy atom. The average Bonchev–Trinajstić information content (AvgIpc) is 3.46. The lowest BCUT2D eigenvalue weighted by molar-refractivity contribution is 0.172. The molecule has 4 rings (SSSR count). The maximum Gasteiger partial charge on any atom is 0.120 e. The first-order chi connectivity index (χ1) is 13.6. The standard InChI is InChI=1S/C21H32N6O/c1-15(2)28-17-5-6-19-18(13-17)20(25-24-19)7-8-21(23-14-22)27-11-9-26(10-12-27)16-3-4-16/h5-6,13-16,20,22,24-25H,3-4,7-12H2,1-2H3. The highest BCUT2D eigenvalue weighted by Crippen LogP contribution is 2.34. The Bertz CT molecular complexity index is 722. The zero-order valence-corrected chi connectivity index (χ0v) is 16.9. The number of anilines is 1. The van der Waals surface area contributed by atoms with Crippen LogP contribution >= 0.6 is 0 Å². The van der Waals surface area contributed by atoms with E-state index in [1.807, 2.05) is 19.9 Å². The first kappa shape index (κ1) is 19.2. The monoisotopic (exact) mass is 384 g/mol. The molecular weight excluding hydrogens is 352 g/mol. The van der Waals surface area contributed by atoms with Gasteiger partial charge in [0.15, 0.2) is 0 Å². The average molecular weight is 385 g/mol. The molecule has 3 N–H and O–H groups in total. The van der Waals surface area contributed by atoms with Gasteiger partial charge < -0.3 is 15.1 Å². The summed E-state index contributed by atoms with van der Waals surface area (Å²) < 4.78 is 5.86. The van der Waals surface area contributed by atoms with Gasteiger partial charge >= 0.3 is 0 Å². The van der Waals surface area contributed by atoms with E-state index in [0.29, 0.717) is 0 Å². The maximum absolute atomic E-state index is 7.47. The predicted molar refractivity (Wildman–Crippen MR) is 113 cm³/mol. The van der Waals surface area contributed by atoms with Gasteiger partial charge in [-0.05, 0) is 56.9 Å². The summed E-state index contributed by atoms with van der Waals surface area (Å²) in [7, 11) is 0. The van der Waals surface area contributed by atoms with Crippen LogP contribution in [0.1, 0.15) is 51.1 Å².